The summed E-state index contributed by atoms with van der Waals surface area (Å²) in [6, 6.07) is 0. The molecule has 0 amide bonds. The number of carbonyl (C=O) groups is 1. The maximum atomic E-state index is 12.3. The molecular formula is C22H42O7S. The average molecular weight is 451 g/mol. The molecule has 0 rings (SSSR count). The average Bonchev–Trinajstić information content (AvgIpc) is 2.62. The number of Topliss-reactive ketones (excluding diaryl/α,β-unsaturated/α-hetero) is 1. The zero-order chi connectivity index (χ0) is 22.9. The van der Waals surface area contributed by atoms with Gasteiger partial charge in [0.15, 0.2) is 12.1 Å². The molecule has 0 aromatic rings. The highest BCUT2D eigenvalue weighted by atomic mass is 32.3. The van der Waals surface area contributed by atoms with E-state index < -0.39 is 34.5 Å². The molecule has 178 valence electrons. The molecule has 0 spiro atoms. The van der Waals surface area contributed by atoms with E-state index in [2.05, 4.69) is 23.3 Å². The van der Waals surface area contributed by atoms with Crippen molar-refractivity contribution >= 4 is 16.2 Å². The van der Waals surface area contributed by atoms with Crippen LogP contribution in [-0.2, 0) is 19.4 Å². The molecule has 0 saturated heterocycles. The number of rotatable bonds is 20. The molecule has 0 fully saturated rings. The molecular weight excluding hydrogens is 408 g/mol. The third kappa shape index (κ3) is 16.9. The lowest BCUT2D eigenvalue weighted by atomic mass is 9.92. The number of allylic oxidation sites excluding steroid dienone is 2. The zero-order valence-electron chi connectivity index (χ0n) is 18.7. The molecule has 0 saturated carbocycles. The van der Waals surface area contributed by atoms with E-state index in [4.69, 9.17) is 14.8 Å². The number of aliphatic hydroxyl groups is 2. The van der Waals surface area contributed by atoms with Crippen molar-refractivity contribution in [2.45, 2.75) is 122 Å². The van der Waals surface area contributed by atoms with Gasteiger partial charge in [0.25, 0.3) is 0 Å². The van der Waals surface area contributed by atoms with Gasteiger partial charge >= 0.3 is 10.4 Å². The van der Waals surface area contributed by atoms with Crippen molar-refractivity contribution in [2.24, 2.45) is 0 Å². The molecule has 0 aliphatic carbocycles. The van der Waals surface area contributed by atoms with Crippen molar-refractivity contribution in [1.82, 2.24) is 0 Å². The molecule has 0 aliphatic heterocycles. The van der Waals surface area contributed by atoms with Crippen LogP contribution in [0.4, 0.5) is 0 Å². The Morgan fingerprint density at radius 3 is 1.83 bits per heavy atom. The Labute approximate surface area is 182 Å². The molecule has 0 aromatic heterocycles. The van der Waals surface area contributed by atoms with Crippen molar-refractivity contribution < 1.29 is 32.2 Å². The highest BCUT2D eigenvalue weighted by molar-refractivity contribution is 7.81. The molecule has 0 bridgehead atoms. The number of ketones is 1. The number of hydrogen-bond donors (Lipinski definition) is 3. The minimum absolute atomic E-state index is 0.0525. The summed E-state index contributed by atoms with van der Waals surface area (Å²) >= 11 is 0. The quantitative estimate of drug-likeness (QED) is 0.105. The number of carbonyl (C=O) groups excluding carboxylic acids is 1. The fraction of sp³-hybridized carbons (Fsp3) is 0.864. The SMILES string of the molecule is CCCCCCCC/C=C\CCCCCCCC(=O)C(C)(CC(O)O)OS(=O)(=O)O. The molecule has 8 heteroatoms. The van der Waals surface area contributed by atoms with Gasteiger partial charge in [0, 0.05) is 12.8 Å². The lowest BCUT2D eigenvalue weighted by Gasteiger charge is -2.26. The number of hydrogen-bond acceptors (Lipinski definition) is 6. The first kappa shape index (κ1) is 29.2. The van der Waals surface area contributed by atoms with Crippen LogP contribution in [0.1, 0.15) is 110 Å². The molecule has 0 aliphatic rings. The zero-order valence-corrected chi connectivity index (χ0v) is 19.5. The van der Waals surface area contributed by atoms with E-state index in [0.29, 0.717) is 6.42 Å². The van der Waals surface area contributed by atoms with Crippen LogP contribution >= 0.6 is 0 Å². The Bertz CT molecular complexity index is 572. The van der Waals surface area contributed by atoms with Gasteiger partial charge in [0.05, 0.1) is 0 Å². The Morgan fingerprint density at radius 2 is 1.37 bits per heavy atom. The largest absolute Gasteiger partial charge is 0.398 e. The second kappa shape index (κ2) is 16.8. The van der Waals surface area contributed by atoms with Crippen molar-refractivity contribution in [1.29, 1.82) is 0 Å². The Hall–Kier alpha value is -0.800. The minimum atomic E-state index is -4.88. The highest BCUT2D eigenvalue weighted by Gasteiger charge is 2.39. The smallest absolute Gasteiger partial charge is 0.368 e. The van der Waals surface area contributed by atoms with Crippen LogP contribution < -0.4 is 0 Å². The van der Waals surface area contributed by atoms with Gasteiger partial charge in [-0.2, -0.15) is 8.42 Å². The first-order valence-corrected chi connectivity index (χ1v) is 12.7. The topological polar surface area (TPSA) is 121 Å². The van der Waals surface area contributed by atoms with Crippen molar-refractivity contribution in [3.63, 3.8) is 0 Å². The third-order valence-electron chi connectivity index (χ3n) is 5.12. The van der Waals surface area contributed by atoms with Gasteiger partial charge in [-0.05, 0) is 39.0 Å². The van der Waals surface area contributed by atoms with Crippen LogP contribution in [0.5, 0.6) is 0 Å². The van der Waals surface area contributed by atoms with Gasteiger partial charge in [-0.1, -0.05) is 70.4 Å². The lowest BCUT2D eigenvalue weighted by Crippen LogP contribution is -2.43. The standard InChI is InChI=1S/C22H42O7S/c1-3-4-5-6-7-8-9-10-11-12-13-14-15-16-17-18-20(23)22(2,19-21(24)25)29-30(26,27)28/h10-11,21,24-25H,3-9,12-19H2,1-2H3,(H,26,27,28)/b11-10-. The minimum Gasteiger partial charge on any atom is -0.368 e. The van der Waals surface area contributed by atoms with E-state index in [9.17, 15) is 13.2 Å². The Balaban J connectivity index is 3.86. The summed E-state index contributed by atoms with van der Waals surface area (Å²) in [5.41, 5.74) is -1.98. The lowest BCUT2D eigenvalue weighted by molar-refractivity contribution is -0.144. The molecule has 1 atom stereocenters. The second-order valence-corrected chi connectivity index (χ2v) is 9.21. The normalized spacial score (nSPS) is 14.5. The van der Waals surface area contributed by atoms with Gasteiger partial charge in [0.1, 0.15) is 5.60 Å². The number of aliphatic hydroxyl groups excluding tert-OH is 1. The summed E-state index contributed by atoms with van der Waals surface area (Å²) in [5.74, 6) is -0.578. The molecule has 30 heavy (non-hydrogen) atoms. The van der Waals surface area contributed by atoms with E-state index in [1.807, 2.05) is 0 Å². The van der Waals surface area contributed by atoms with Gasteiger partial charge in [-0.25, -0.2) is 4.18 Å². The van der Waals surface area contributed by atoms with Crippen LogP contribution in [0.3, 0.4) is 0 Å². The van der Waals surface area contributed by atoms with Gasteiger partial charge in [-0.3, -0.25) is 9.35 Å². The fourth-order valence-electron chi connectivity index (χ4n) is 3.40. The first-order valence-electron chi connectivity index (χ1n) is 11.3. The van der Waals surface area contributed by atoms with E-state index in [1.54, 1.807) is 0 Å². The van der Waals surface area contributed by atoms with Crippen molar-refractivity contribution in [3.05, 3.63) is 12.2 Å². The summed E-state index contributed by atoms with van der Waals surface area (Å²) in [6.07, 6.45) is 16.6. The monoisotopic (exact) mass is 450 g/mol. The highest BCUT2D eigenvalue weighted by Crippen LogP contribution is 2.24. The van der Waals surface area contributed by atoms with Crippen molar-refractivity contribution in [2.75, 3.05) is 0 Å². The van der Waals surface area contributed by atoms with Crippen LogP contribution in [0.2, 0.25) is 0 Å². The molecule has 0 aromatic carbocycles. The summed E-state index contributed by atoms with van der Waals surface area (Å²) in [7, 11) is -4.88. The molecule has 0 radical (unpaired) electrons. The summed E-state index contributed by atoms with van der Waals surface area (Å²) in [4.78, 5) is 12.3. The van der Waals surface area contributed by atoms with Crippen LogP contribution in [0, 0.1) is 0 Å². The summed E-state index contributed by atoms with van der Waals surface area (Å²) in [6.45, 7) is 3.37. The summed E-state index contributed by atoms with van der Waals surface area (Å²) < 4.78 is 35.2. The van der Waals surface area contributed by atoms with Gasteiger partial charge in [0.2, 0.25) is 0 Å². The van der Waals surface area contributed by atoms with E-state index in [1.165, 1.54) is 38.5 Å². The first-order chi connectivity index (χ1) is 14.1. The van der Waals surface area contributed by atoms with E-state index in [0.717, 1.165) is 45.4 Å². The predicted molar refractivity (Wildman–Crippen MR) is 118 cm³/mol. The maximum Gasteiger partial charge on any atom is 0.398 e. The van der Waals surface area contributed by atoms with Crippen LogP contribution in [0.15, 0.2) is 12.2 Å². The molecule has 7 nitrogen and oxygen atoms in total. The van der Waals surface area contributed by atoms with E-state index in [-0.39, 0.29) is 6.42 Å². The Kier molecular flexibility index (Phi) is 16.4. The van der Waals surface area contributed by atoms with Gasteiger partial charge in [-0.15, -0.1) is 0 Å². The van der Waals surface area contributed by atoms with Crippen LogP contribution in [-0.4, -0.2) is 40.9 Å². The van der Waals surface area contributed by atoms with Crippen LogP contribution in [0.25, 0.3) is 0 Å². The third-order valence-corrected chi connectivity index (χ3v) is 5.70. The molecule has 0 heterocycles. The summed E-state index contributed by atoms with van der Waals surface area (Å²) in [5, 5.41) is 18.2. The molecule has 3 N–H and O–H groups in total. The molecule has 1 unspecified atom stereocenters. The Morgan fingerprint density at radius 1 is 0.900 bits per heavy atom. The maximum absolute atomic E-state index is 12.3. The number of unbranched alkanes of at least 4 members (excludes halogenated alkanes) is 11. The van der Waals surface area contributed by atoms with E-state index >= 15 is 0 Å². The second-order valence-electron chi connectivity index (χ2n) is 8.18. The van der Waals surface area contributed by atoms with Crippen molar-refractivity contribution in [3.8, 4) is 0 Å². The predicted octanol–water partition coefficient (Wildman–Crippen LogP) is 4.87. The van der Waals surface area contributed by atoms with Gasteiger partial charge < -0.3 is 10.2 Å². The fourth-order valence-corrected chi connectivity index (χ4v) is 4.02.